The molecule has 0 spiro atoms. The molecule has 1 atom stereocenters. The van der Waals surface area contributed by atoms with E-state index in [4.69, 9.17) is 0 Å². The molecule has 0 heterocycles. The van der Waals surface area contributed by atoms with Gasteiger partial charge in [0.1, 0.15) is 6.54 Å². The molecular formula is C11H21F3N2O2. The third-order valence-corrected chi connectivity index (χ3v) is 2.41. The maximum absolute atomic E-state index is 12.1. The molecule has 0 aliphatic rings. The van der Waals surface area contributed by atoms with Gasteiger partial charge in [0.15, 0.2) is 0 Å². The molecule has 0 bridgehead atoms. The predicted octanol–water partition coefficient (Wildman–Crippen LogP) is 1.10. The first kappa shape index (κ1) is 17.2. The molecule has 4 nitrogen and oxygen atoms in total. The molecule has 0 saturated carbocycles. The van der Waals surface area contributed by atoms with Crippen molar-refractivity contribution >= 4 is 5.91 Å². The molecule has 108 valence electrons. The Morgan fingerprint density at radius 1 is 1.28 bits per heavy atom. The lowest BCUT2D eigenvalue weighted by Gasteiger charge is -2.29. The van der Waals surface area contributed by atoms with Crippen molar-refractivity contribution in [1.82, 2.24) is 9.80 Å². The highest BCUT2D eigenvalue weighted by Crippen LogP contribution is 2.15. The van der Waals surface area contributed by atoms with Crippen molar-refractivity contribution in [3.8, 4) is 0 Å². The summed E-state index contributed by atoms with van der Waals surface area (Å²) in [6.45, 7) is 4.07. The number of hydrogen-bond acceptors (Lipinski definition) is 3. The van der Waals surface area contributed by atoms with E-state index in [1.54, 1.807) is 11.8 Å². The molecule has 0 aromatic heterocycles. The molecule has 0 aliphatic heterocycles. The summed E-state index contributed by atoms with van der Waals surface area (Å²) in [6, 6.07) is -0.0252. The molecule has 1 N–H and O–H groups in total. The van der Waals surface area contributed by atoms with Crippen LogP contribution in [0.25, 0.3) is 0 Å². The average molecular weight is 270 g/mol. The van der Waals surface area contributed by atoms with Crippen LogP contribution >= 0.6 is 0 Å². The third kappa shape index (κ3) is 7.50. The van der Waals surface area contributed by atoms with Crippen molar-refractivity contribution in [3.63, 3.8) is 0 Å². The fourth-order valence-electron chi connectivity index (χ4n) is 1.45. The van der Waals surface area contributed by atoms with Crippen LogP contribution in [0.5, 0.6) is 0 Å². The Hall–Kier alpha value is -0.820. The van der Waals surface area contributed by atoms with E-state index in [9.17, 15) is 23.1 Å². The number of halogens is 3. The molecule has 7 heteroatoms. The van der Waals surface area contributed by atoms with Gasteiger partial charge in [-0.1, -0.05) is 0 Å². The Balaban J connectivity index is 4.41. The van der Waals surface area contributed by atoms with Crippen molar-refractivity contribution in [1.29, 1.82) is 0 Å². The fraction of sp³-hybridized carbons (Fsp3) is 0.909. The van der Waals surface area contributed by atoms with E-state index in [0.717, 1.165) is 7.05 Å². The summed E-state index contributed by atoms with van der Waals surface area (Å²) in [5.74, 6) is -0.610. The topological polar surface area (TPSA) is 43.8 Å². The number of likely N-dealkylation sites (N-methyl/N-ethyl adjacent to an activating group) is 1. The van der Waals surface area contributed by atoms with Crippen LogP contribution in [0.1, 0.15) is 20.8 Å². The standard InChI is InChI=1S/C11H21F3N2O2/c1-8(2)16(5-9(3)17)6-10(18)15(4)7-11(12,13)14/h8-9,17H,5-7H2,1-4H3. The second-order valence-corrected chi connectivity index (χ2v) is 4.74. The van der Waals surface area contributed by atoms with E-state index in [0.29, 0.717) is 4.90 Å². The van der Waals surface area contributed by atoms with E-state index in [2.05, 4.69) is 0 Å². The lowest BCUT2D eigenvalue weighted by Crippen LogP contribution is -2.46. The minimum atomic E-state index is -4.39. The summed E-state index contributed by atoms with van der Waals surface area (Å²) < 4.78 is 36.4. The number of nitrogens with zero attached hydrogens (tertiary/aromatic N) is 2. The first-order chi connectivity index (χ1) is 8.03. The van der Waals surface area contributed by atoms with Gasteiger partial charge >= 0.3 is 6.18 Å². The summed E-state index contributed by atoms with van der Waals surface area (Å²) in [4.78, 5) is 13.9. The molecule has 0 radical (unpaired) electrons. The fourth-order valence-corrected chi connectivity index (χ4v) is 1.45. The number of hydrogen-bond donors (Lipinski definition) is 1. The van der Waals surface area contributed by atoms with Gasteiger partial charge in [-0.05, 0) is 20.8 Å². The Labute approximate surface area is 105 Å². The first-order valence-corrected chi connectivity index (χ1v) is 5.75. The summed E-state index contributed by atoms with van der Waals surface area (Å²) in [5.41, 5.74) is 0. The van der Waals surface area contributed by atoms with Crippen molar-refractivity contribution in [2.75, 3.05) is 26.7 Å². The van der Waals surface area contributed by atoms with Gasteiger partial charge in [0, 0.05) is 19.6 Å². The van der Waals surface area contributed by atoms with Crippen LogP contribution in [-0.2, 0) is 4.79 Å². The Bertz CT molecular complexity index is 268. The molecule has 0 aromatic carbocycles. The summed E-state index contributed by atoms with van der Waals surface area (Å²) in [5, 5.41) is 9.26. The van der Waals surface area contributed by atoms with Gasteiger partial charge in [-0.2, -0.15) is 13.2 Å². The largest absolute Gasteiger partial charge is 0.406 e. The molecule has 1 unspecified atom stereocenters. The van der Waals surface area contributed by atoms with Crippen LogP contribution in [0, 0.1) is 0 Å². The van der Waals surface area contributed by atoms with Gasteiger partial charge in [0.2, 0.25) is 5.91 Å². The monoisotopic (exact) mass is 270 g/mol. The van der Waals surface area contributed by atoms with E-state index in [1.165, 1.54) is 0 Å². The molecule has 1 amide bonds. The van der Waals surface area contributed by atoms with Crippen LogP contribution < -0.4 is 0 Å². The summed E-state index contributed by atoms with van der Waals surface area (Å²) >= 11 is 0. The zero-order valence-electron chi connectivity index (χ0n) is 11.2. The average Bonchev–Trinajstić information content (AvgIpc) is 2.12. The van der Waals surface area contributed by atoms with E-state index >= 15 is 0 Å². The normalized spacial score (nSPS) is 14.1. The van der Waals surface area contributed by atoms with Gasteiger partial charge in [-0.15, -0.1) is 0 Å². The van der Waals surface area contributed by atoms with Gasteiger partial charge in [-0.3, -0.25) is 9.69 Å². The molecule has 0 aliphatic carbocycles. The molecule has 0 fully saturated rings. The number of aliphatic hydroxyl groups is 1. The minimum Gasteiger partial charge on any atom is -0.392 e. The molecule has 18 heavy (non-hydrogen) atoms. The number of alkyl halides is 3. The third-order valence-electron chi connectivity index (χ3n) is 2.41. The smallest absolute Gasteiger partial charge is 0.392 e. The number of carbonyl (C=O) groups excluding carboxylic acids is 1. The number of aliphatic hydroxyl groups excluding tert-OH is 1. The van der Waals surface area contributed by atoms with Crippen molar-refractivity contribution < 1.29 is 23.1 Å². The van der Waals surface area contributed by atoms with Crippen LogP contribution in [0.3, 0.4) is 0 Å². The SMILES string of the molecule is CC(O)CN(CC(=O)N(C)CC(F)(F)F)C(C)C. The Morgan fingerprint density at radius 3 is 2.11 bits per heavy atom. The van der Waals surface area contributed by atoms with Crippen LogP contribution in [0.15, 0.2) is 0 Å². The highest BCUT2D eigenvalue weighted by molar-refractivity contribution is 5.78. The number of rotatable bonds is 6. The summed E-state index contributed by atoms with van der Waals surface area (Å²) in [7, 11) is 1.12. The summed E-state index contributed by atoms with van der Waals surface area (Å²) in [6.07, 6.45) is -5.02. The minimum absolute atomic E-state index is 0.0252. The quantitative estimate of drug-likeness (QED) is 0.786. The van der Waals surface area contributed by atoms with Crippen molar-refractivity contribution in [3.05, 3.63) is 0 Å². The molecule has 0 saturated heterocycles. The van der Waals surface area contributed by atoms with E-state index < -0.39 is 24.7 Å². The molecule has 0 aromatic rings. The van der Waals surface area contributed by atoms with Gasteiger partial charge in [0.05, 0.1) is 12.6 Å². The zero-order chi connectivity index (χ0) is 14.5. The lowest BCUT2D eigenvalue weighted by atomic mass is 10.2. The van der Waals surface area contributed by atoms with Crippen LogP contribution in [0.2, 0.25) is 0 Å². The van der Waals surface area contributed by atoms with Crippen LogP contribution in [-0.4, -0.2) is 65.8 Å². The number of amides is 1. The second-order valence-electron chi connectivity index (χ2n) is 4.74. The lowest BCUT2D eigenvalue weighted by molar-refractivity contribution is -0.159. The second kappa shape index (κ2) is 6.94. The first-order valence-electron chi connectivity index (χ1n) is 5.75. The maximum Gasteiger partial charge on any atom is 0.406 e. The van der Waals surface area contributed by atoms with Crippen LogP contribution in [0.4, 0.5) is 13.2 Å². The highest BCUT2D eigenvalue weighted by atomic mass is 19.4. The van der Waals surface area contributed by atoms with Gasteiger partial charge < -0.3 is 10.0 Å². The zero-order valence-corrected chi connectivity index (χ0v) is 11.2. The molecular weight excluding hydrogens is 249 g/mol. The van der Waals surface area contributed by atoms with Crippen molar-refractivity contribution in [2.24, 2.45) is 0 Å². The predicted molar refractivity (Wildman–Crippen MR) is 62.1 cm³/mol. The maximum atomic E-state index is 12.1. The van der Waals surface area contributed by atoms with Gasteiger partial charge in [0.25, 0.3) is 0 Å². The molecule has 0 rings (SSSR count). The van der Waals surface area contributed by atoms with E-state index in [-0.39, 0.29) is 19.1 Å². The highest BCUT2D eigenvalue weighted by Gasteiger charge is 2.31. The van der Waals surface area contributed by atoms with E-state index in [1.807, 2.05) is 13.8 Å². The van der Waals surface area contributed by atoms with Crippen molar-refractivity contribution in [2.45, 2.75) is 39.1 Å². The number of carbonyl (C=O) groups is 1. The Morgan fingerprint density at radius 2 is 1.78 bits per heavy atom. The Kier molecular flexibility index (Phi) is 6.62. The van der Waals surface area contributed by atoms with Gasteiger partial charge in [-0.25, -0.2) is 0 Å².